The van der Waals surface area contributed by atoms with Crippen molar-refractivity contribution in [3.8, 4) is 0 Å². The number of hydrogen-bond acceptors (Lipinski definition) is 4. The molecule has 2 aromatic rings. The van der Waals surface area contributed by atoms with Crippen LogP contribution in [0.25, 0.3) is 0 Å². The van der Waals surface area contributed by atoms with E-state index in [1.807, 2.05) is 30.3 Å². The molecule has 0 aliphatic carbocycles. The molecule has 1 aliphatic heterocycles. The van der Waals surface area contributed by atoms with Gasteiger partial charge in [-0.2, -0.15) is 5.06 Å². The highest BCUT2D eigenvalue weighted by Gasteiger charge is 2.33. The van der Waals surface area contributed by atoms with Gasteiger partial charge in [0.1, 0.15) is 6.10 Å². The van der Waals surface area contributed by atoms with Crippen LogP contribution in [0.1, 0.15) is 29.7 Å². The summed E-state index contributed by atoms with van der Waals surface area (Å²) in [6.07, 6.45) is 0.856. The van der Waals surface area contributed by atoms with Gasteiger partial charge in [0.15, 0.2) is 0 Å². The summed E-state index contributed by atoms with van der Waals surface area (Å²) in [7, 11) is 1.90. The Morgan fingerprint density at radius 3 is 2.38 bits per heavy atom. The molecule has 0 N–H and O–H groups in total. The Labute approximate surface area is 122 Å². The van der Waals surface area contributed by atoms with Crippen molar-refractivity contribution in [3.63, 3.8) is 0 Å². The predicted molar refractivity (Wildman–Crippen MR) is 78.5 cm³/mol. The van der Waals surface area contributed by atoms with E-state index < -0.39 is 0 Å². The topological polar surface area (TPSA) is 55.6 Å². The van der Waals surface area contributed by atoms with Crippen LogP contribution >= 0.6 is 0 Å². The highest BCUT2D eigenvalue weighted by molar-refractivity contribution is 5.34. The lowest BCUT2D eigenvalue weighted by molar-refractivity contribution is -0.384. The molecular formula is C16H16N2O3. The molecule has 21 heavy (non-hydrogen) atoms. The third-order valence-electron chi connectivity index (χ3n) is 3.83. The molecule has 2 aromatic carbocycles. The summed E-state index contributed by atoms with van der Waals surface area (Å²) in [6, 6.07) is 16.9. The minimum Gasteiger partial charge on any atom is -0.291 e. The molecule has 5 heteroatoms. The standard InChI is InChI=1S/C16H16N2O3/c1-17-15(12-7-9-14(10-8-12)18(19)20)11-16(21-17)13-5-3-2-4-6-13/h2-10,15-16H,11H2,1H3/t15-,16+/m1/s1. The van der Waals surface area contributed by atoms with Crippen molar-refractivity contribution >= 4 is 5.69 Å². The highest BCUT2D eigenvalue weighted by atomic mass is 16.7. The van der Waals surface area contributed by atoms with E-state index in [9.17, 15) is 10.1 Å². The average molecular weight is 284 g/mol. The van der Waals surface area contributed by atoms with Crippen molar-refractivity contribution in [1.29, 1.82) is 0 Å². The summed E-state index contributed by atoms with van der Waals surface area (Å²) in [4.78, 5) is 16.2. The van der Waals surface area contributed by atoms with Crippen molar-refractivity contribution in [2.45, 2.75) is 18.6 Å². The molecule has 1 heterocycles. The summed E-state index contributed by atoms with van der Waals surface area (Å²) in [5.41, 5.74) is 2.29. The van der Waals surface area contributed by atoms with E-state index in [2.05, 4.69) is 12.1 Å². The van der Waals surface area contributed by atoms with Crippen LogP contribution in [-0.4, -0.2) is 17.0 Å². The van der Waals surface area contributed by atoms with Gasteiger partial charge >= 0.3 is 0 Å². The van der Waals surface area contributed by atoms with Gasteiger partial charge in [0, 0.05) is 25.6 Å². The molecule has 0 unspecified atom stereocenters. The smallest absolute Gasteiger partial charge is 0.269 e. The Hall–Kier alpha value is -2.24. The maximum atomic E-state index is 10.7. The lowest BCUT2D eigenvalue weighted by Crippen LogP contribution is -2.16. The Bertz CT molecular complexity index is 628. The van der Waals surface area contributed by atoms with Crippen molar-refractivity contribution in [1.82, 2.24) is 5.06 Å². The number of benzene rings is 2. The molecule has 1 aliphatic rings. The van der Waals surface area contributed by atoms with E-state index in [0.29, 0.717) is 0 Å². The number of hydrogen-bond donors (Lipinski definition) is 0. The van der Waals surface area contributed by atoms with Crippen LogP contribution < -0.4 is 0 Å². The first-order valence-corrected chi connectivity index (χ1v) is 6.84. The van der Waals surface area contributed by atoms with Gasteiger partial charge in [-0.3, -0.25) is 15.0 Å². The van der Waals surface area contributed by atoms with Gasteiger partial charge in [0.05, 0.1) is 11.0 Å². The first-order chi connectivity index (χ1) is 10.1. The van der Waals surface area contributed by atoms with Gasteiger partial charge in [-0.1, -0.05) is 42.5 Å². The van der Waals surface area contributed by atoms with Gasteiger partial charge in [-0.05, 0) is 11.1 Å². The third-order valence-corrected chi connectivity index (χ3v) is 3.83. The van der Waals surface area contributed by atoms with Crippen LogP contribution in [0.3, 0.4) is 0 Å². The SMILES string of the molecule is CN1O[C@H](c2ccccc2)C[C@@H]1c1ccc([N+](=O)[O-])cc1. The number of rotatable bonds is 3. The molecule has 0 spiro atoms. The second kappa shape index (κ2) is 5.63. The summed E-state index contributed by atoms with van der Waals surface area (Å²) >= 11 is 0. The van der Waals surface area contributed by atoms with Crippen molar-refractivity contribution in [2.75, 3.05) is 7.05 Å². The van der Waals surface area contributed by atoms with Crippen LogP contribution in [0.5, 0.6) is 0 Å². The molecule has 2 atom stereocenters. The zero-order chi connectivity index (χ0) is 14.8. The number of nitrogens with zero attached hydrogens (tertiary/aromatic N) is 2. The molecule has 0 aromatic heterocycles. The van der Waals surface area contributed by atoms with Gasteiger partial charge in [-0.15, -0.1) is 0 Å². The molecule has 0 radical (unpaired) electrons. The monoisotopic (exact) mass is 284 g/mol. The molecule has 108 valence electrons. The van der Waals surface area contributed by atoms with Gasteiger partial charge in [0.2, 0.25) is 0 Å². The van der Waals surface area contributed by atoms with E-state index in [1.165, 1.54) is 0 Å². The van der Waals surface area contributed by atoms with E-state index in [4.69, 9.17) is 4.84 Å². The zero-order valence-electron chi connectivity index (χ0n) is 11.7. The molecular weight excluding hydrogens is 268 g/mol. The largest absolute Gasteiger partial charge is 0.291 e. The summed E-state index contributed by atoms with van der Waals surface area (Å²) < 4.78 is 0. The summed E-state index contributed by atoms with van der Waals surface area (Å²) in [5.74, 6) is 0. The fraction of sp³-hybridized carbons (Fsp3) is 0.250. The first-order valence-electron chi connectivity index (χ1n) is 6.84. The van der Waals surface area contributed by atoms with Gasteiger partial charge in [-0.25, -0.2) is 0 Å². The number of nitro groups is 1. The fourth-order valence-electron chi connectivity index (χ4n) is 2.70. The molecule has 0 amide bonds. The predicted octanol–water partition coefficient (Wildman–Crippen LogP) is 3.64. The Kier molecular flexibility index (Phi) is 3.68. The van der Waals surface area contributed by atoms with Crippen molar-refractivity contribution in [3.05, 3.63) is 75.8 Å². The number of hydroxylamine groups is 2. The Morgan fingerprint density at radius 2 is 1.76 bits per heavy atom. The second-order valence-corrected chi connectivity index (χ2v) is 5.15. The maximum absolute atomic E-state index is 10.7. The van der Waals surface area contributed by atoms with E-state index in [0.717, 1.165) is 17.5 Å². The summed E-state index contributed by atoms with van der Waals surface area (Å²) in [5, 5.41) is 12.5. The van der Waals surface area contributed by atoms with E-state index in [-0.39, 0.29) is 22.8 Å². The van der Waals surface area contributed by atoms with Crippen LogP contribution in [0, 0.1) is 10.1 Å². The van der Waals surface area contributed by atoms with Crippen molar-refractivity contribution in [2.24, 2.45) is 0 Å². The molecule has 5 nitrogen and oxygen atoms in total. The average Bonchev–Trinajstić information content (AvgIpc) is 2.90. The van der Waals surface area contributed by atoms with Gasteiger partial charge in [0.25, 0.3) is 5.69 Å². The minimum absolute atomic E-state index is 0.0244. The van der Waals surface area contributed by atoms with E-state index in [1.54, 1.807) is 24.3 Å². The fourth-order valence-corrected chi connectivity index (χ4v) is 2.70. The second-order valence-electron chi connectivity index (χ2n) is 5.15. The van der Waals surface area contributed by atoms with Crippen LogP contribution in [-0.2, 0) is 4.84 Å². The lowest BCUT2D eigenvalue weighted by Gasteiger charge is -2.17. The van der Waals surface area contributed by atoms with Crippen molar-refractivity contribution < 1.29 is 9.76 Å². The van der Waals surface area contributed by atoms with E-state index >= 15 is 0 Å². The number of nitro benzene ring substituents is 1. The normalized spacial score (nSPS) is 22.3. The molecule has 0 bridgehead atoms. The van der Waals surface area contributed by atoms with Crippen LogP contribution in [0.4, 0.5) is 5.69 Å². The Morgan fingerprint density at radius 1 is 1.10 bits per heavy atom. The number of non-ortho nitro benzene ring substituents is 1. The summed E-state index contributed by atoms with van der Waals surface area (Å²) in [6.45, 7) is 0. The van der Waals surface area contributed by atoms with Crippen LogP contribution in [0.2, 0.25) is 0 Å². The Balaban J connectivity index is 1.79. The first kappa shape index (κ1) is 13.7. The zero-order valence-corrected chi connectivity index (χ0v) is 11.7. The molecule has 1 fully saturated rings. The van der Waals surface area contributed by atoms with Crippen LogP contribution in [0.15, 0.2) is 54.6 Å². The highest BCUT2D eigenvalue weighted by Crippen LogP contribution is 2.40. The lowest BCUT2D eigenvalue weighted by atomic mass is 9.98. The molecule has 3 rings (SSSR count). The quantitative estimate of drug-likeness (QED) is 0.637. The molecule has 1 saturated heterocycles. The minimum atomic E-state index is -0.384. The molecule has 0 saturated carbocycles. The maximum Gasteiger partial charge on any atom is 0.269 e. The third kappa shape index (κ3) is 2.79. The van der Waals surface area contributed by atoms with Gasteiger partial charge < -0.3 is 0 Å².